The predicted octanol–water partition coefficient (Wildman–Crippen LogP) is 2.76. The number of ketones is 1. The van der Waals surface area contributed by atoms with Gasteiger partial charge in [0, 0.05) is 50.3 Å². The molecule has 11 nitrogen and oxygen atoms in total. The third-order valence-corrected chi connectivity index (χ3v) is 7.28. The molecule has 43 heavy (non-hydrogen) atoms. The van der Waals surface area contributed by atoms with Gasteiger partial charge in [-0.2, -0.15) is 0 Å². The maximum atomic E-state index is 15.1. The third kappa shape index (κ3) is 8.41. The summed E-state index contributed by atoms with van der Waals surface area (Å²) in [5, 5.41) is 2.36. The lowest BCUT2D eigenvalue weighted by Crippen LogP contribution is -2.49. The first-order chi connectivity index (χ1) is 20.7. The Labute approximate surface area is 251 Å². The summed E-state index contributed by atoms with van der Waals surface area (Å²) in [5.41, 5.74) is 7.16. The van der Waals surface area contributed by atoms with E-state index < -0.39 is 29.4 Å². The SMILES string of the molecule is O=CCNNc1cccc(C(=O)CCC(=O)N2CCN(c3ccc(N4C[C@H](CNC(=S)C(F)F)OC4=O)cc3F)CC2)c1. The van der Waals surface area contributed by atoms with E-state index in [1.807, 2.05) is 0 Å². The van der Waals surface area contributed by atoms with Crippen LogP contribution in [0.2, 0.25) is 0 Å². The number of hydrogen-bond donors (Lipinski definition) is 3. The molecule has 2 saturated heterocycles. The van der Waals surface area contributed by atoms with Crippen molar-refractivity contribution in [3.05, 3.63) is 53.8 Å². The zero-order valence-corrected chi connectivity index (χ0v) is 23.9. The number of benzene rings is 2. The number of alkyl halides is 2. The number of nitrogens with zero attached hydrogens (tertiary/aromatic N) is 3. The van der Waals surface area contributed by atoms with Crippen LogP contribution in [0.25, 0.3) is 0 Å². The number of halogens is 3. The highest BCUT2D eigenvalue weighted by Gasteiger charge is 2.33. The molecule has 2 fully saturated rings. The molecule has 0 bridgehead atoms. The third-order valence-electron chi connectivity index (χ3n) is 6.96. The molecule has 0 aliphatic carbocycles. The number of carbonyl (C=O) groups excluding carboxylic acids is 4. The first kappa shape index (κ1) is 31.7. The number of ether oxygens (including phenoxy) is 1. The largest absolute Gasteiger partial charge is 0.442 e. The standard InChI is InChI=1S/C28H31F3N6O5S/c29-22-15-20(37-17-21(42-28(37)41)16-32-27(43)26(30)31)4-5-23(22)35-9-11-36(12-10-35)25(40)7-6-24(39)18-2-1-3-19(14-18)34-33-8-13-38/h1-5,13-15,21,26,33-34H,6-12,16-17H2,(H,32,43)/t21-/m0/s1. The average Bonchev–Trinajstić information content (AvgIpc) is 3.38. The normalized spacial score (nSPS) is 16.7. The van der Waals surface area contributed by atoms with E-state index in [1.165, 1.54) is 11.0 Å². The molecule has 0 saturated carbocycles. The second-order valence-corrected chi connectivity index (χ2v) is 10.3. The van der Waals surface area contributed by atoms with Gasteiger partial charge >= 0.3 is 6.09 Å². The van der Waals surface area contributed by atoms with Crippen LogP contribution in [-0.4, -0.2) is 92.3 Å². The fourth-order valence-electron chi connectivity index (χ4n) is 4.74. The molecule has 1 atom stereocenters. The zero-order valence-electron chi connectivity index (χ0n) is 23.1. The number of amides is 2. The van der Waals surface area contributed by atoms with Crippen LogP contribution in [0.15, 0.2) is 42.5 Å². The Morgan fingerprint density at radius 1 is 1.09 bits per heavy atom. The van der Waals surface area contributed by atoms with Crippen LogP contribution in [0.4, 0.5) is 35.0 Å². The number of piperazine rings is 1. The summed E-state index contributed by atoms with van der Waals surface area (Å²) in [6, 6.07) is 11.1. The number of anilines is 3. The lowest BCUT2D eigenvalue weighted by molar-refractivity contribution is -0.131. The second-order valence-electron chi connectivity index (χ2n) is 9.84. The van der Waals surface area contributed by atoms with E-state index in [2.05, 4.69) is 28.4 Å². The summed E-state index contributed by atoms with van der Waals surface area (Å²) in [4.78, 5) is 52.2. The number of Topliss-reactive ketones (excluding diaryl/α,β-unsaturated/α-hetero) is 1. The van der Waals surface area contributed by atoms with Crippen LogP contribution in [0, 0.1) is 5.82 Å². The number of hydrazine groups is 1. The van der Waals surface area contributed by atoms with Gasteiger partial charge in [0.25, 0.3) is 6.43 Å². The molecule has 0 unspecified atom stereocenters. The van der Waals surface area contributed by atoms with Gasteiger partial charge in [0.05, 0.1) is 31.0 Å². The van der Waals surface area contributed by atoms with E-state index >= 15 is 4.39 Å². The molecule has 15 heteroatoms. The lowest BCUT2D eigenvalue weighted by Gasteiger charge is -2.36. The van der Waals surface area contributed by atoms with Crippen molar-refractivity contribution in [1.82, 2.24) is 15.6 Å². The Morgan fingerprint density at radius 2 is 1.86 bits per heavy atom. The molecule has 0 spiro atoms. The average molecular weight is 621 g/mol. The number of nitrogens with one attached hydrogen (secondary N) is 3. The Hall–Kier alpha value is -4.24. The number of cyclic esters (lactones) is 1. The molecule has 4 rings (SSSR count). The summed E-state index contributed by atoms with van der Waals surface area (Å²) in [6.07, 6.45) is -3.49. The number of thiocarbonyl (C=S) groups is 1. The Bertz CT molecular complexity index is 1360. The van der Waals surface area contributed by atoms with Gasteiger partial charge in [-0.1, -0.05) is 24.4 Å². The van der Waals surface area contributed by atoms with Crippen LogP contribution < -0.4 is 26.0 Å². The van der Waals surface area contributed by atoms with E-state index in [4.69, 9.17) is 4.74 Å². The Morgan fingerprint density at radius 3 is 2.56 bits per heavy atom. The van der Waals surface area contributed by atoms with E-state index in [0.29, 0.717) is 49.4 Å². The van der Waals surface area contributed by atoms with Crippen molar-refractivity contribution in [2.75, 3.05) is 61.0 Å². The number of carbonyl (C=O) groups is 4. The van der Waals surface area contributed by atoms with Crippen molar-refractivity contribution < 1.29 is 37.1 Å². The monoisotopic (exact) mass is 620 g/mol. The molecular weight excluding hydrogens is 589 g/mol. The van der Waals surface area contributed by atoms with Crippen molar-refractivity contribution in [2.24, 2.45) is 0 Å². The molecule has 2 aromatic carbocycles. The number of hydrogen-bond acceptors (Lipinski definition) is 9. The van der Waals surface area contributed by atoms with Gasteiger partial charge in [-0.15, -0.1) is 0 Å². The van der Waals surface area contributed by atoms with E-state index in [-0.39, 0.29) is 49.9 Å². The highest BCUT2D eigenvalue weighted by atomic mass is 32.1. The predicted molar refractivity (Wildman–Crippen MR) is 157 cm³/mol. The zero-order chi connectivity index (χ0) is 30.9. The lowest BCUT2D eigenvalue weighted by atomic mass is 10.1. The van der Waals surface area contributed by atoms with Crippen LogP contribution in [0.5, 0.6) is 0 Å². The molecule has 2 aromatic rings. The van der Waals surface area contributed by atoms with E-state index in [9.17, 15) is 28.0 Å². The van der Waals surface area contributed by atoms with Gasteiger partial charge in [0.2, 0.25) is 5.91 Å². The van der Waals surface area contributed by atoms with E-state index in [1.54, 1.807) is 46.2 Å². The molecular formula is C28H31F3N6O5S. The number of rotatable bonds is 13. The molecule has 2 amide bonds. The topological polar surface area (TPSA) is 123 Å². The number of aldehydes is 1. The van der Waals surface area contributed by atoms with Crippen LogP contribution in [0.3, 0.4) is 0 Å². The minimum absolute atomic E-state index is 0.0368. The molecule has 2 aliphatic heterocycles. The highest BCUT2D eigenvalue weighted by molar-refractivity contribution is 7.80. The Balaban J connectivity index is 1.25. The second kappa shape index (κ2) is 14.8. The van der Waals surface area contributed by atoms with Gasteiger partial charge in [0.15, 0.2) is 5.78 Å². The van der Waals surface area contributed by atoms with Gasteiger partial charge in [-0.3, -0.25) is 14.5 Å². The van der Waals surface area contributed by atoms with Crippen LogP contribution in [0.1, 0.15) is 23.2 Å². The summed E-state index contributed by atoms with van der Waals surface area (Å²) in [5.74, 6) is -0.917. The van der Waals surface area contributed by atoms with Gasteiger partial charge < -0.3 is 30.1 Å². The van der Waals surface area contributed by atoms with Crippen molar-refractivity contribution >= 4 is 58.3 Å². The fraction of sp³-hybridized carbons (Fsp3) is 0.393. The van der Waals surface area contributed by atoms with Crippen molar-refractivity contribution in [2.45, 2.75) is 25.4 Å². The molecule has 3 N–H and O–H groups in total. The van der Waals surface area contributed by atoms with Gasteiger partial charge in [-0.25, -0.2) is 23.4 Å². The molecule has 2 aliphatic rings. The maximum Gasteiger partial charge on any atom is 0.414 e. The summed E-state index contributed by atoms with van der Waals surface area (Å²) in [6.45, 7) is 1.52. The van der Waals surface area contributed by atoms with Gasteiger partial charge in [0.1, 0.15) is 23.2 Å². The summed E-state index contributed by atoms with van der Waals surface area (Å²) in [7, 11) is 0. The minimum Gasteiger partial charge on any atom is -0.442 e. The Kier molecular flexibility index (Phi) is 10.9. The van der Waals surface area contributed by atoms with Crippen LogP contribution >= 0.6 is 12.2 Å². The summed E-state index contributed by atoms with van der Waals surface area (Å²) >= 11 is 4.52. The molecule has 230 valence electrons. The first-order valence-electron chi connectivity index (χ1n) is 13.6. The van der Waals surface area contributed by atoms with Crippen molar-refractivity contribution in [3.63, 3.8) is 0 Å². The van der Waals surface area contributed by atoms with Gasteiger partial charge in [-0.05, 0) is 30.3 Å². The molecule has 0 radical (unpaired) electrons. The molecule has 2 heterocycles. The fourth-order valence-corrected chi connectivity index (χ4v) is 4.82. The molecule has 0 aromatic heterocycles. The first-order valence-corrected chi connectivity index (χ1v) is 14.0. The van der Waals surface area contributed by atoms with Crippen LogP contribution in [-0.2, 0) is 14.3 Å². The maximum absolute atomic E-state index is 15.1. The smallest absolute Gasteiger partial charge is 0.414 e. The van der Waals surface area contributed by atoms with Crippen molar-refractivity contribution in [3.8, 4) is 0 Å². The highest BCUT2D eigenvalue weighted by Crippen LogP contribution is 2.28. The quantitative estimate of drug-likeness (QED) is 0.101. The minimum atomic E-state index is -2.81. The van der Waals surface area contributed by atoms with Crippen molar-refractivity contribution in [1.29, 1.82) is 0 Å². The summed E-state index contributed by atoms with van der Waals surface area (Å²) < 4.78 is 45.5. The van der Waals surface area contributed by atoms with E-state index in [0.717, 1.165) is 0 Å².